The number of anilines is 1. The zero-order valence-electron chi connectivity index (χ0n) is 10.5. The molecule has 0 heterocycles. The molecule has 0 saturated heterocycles. The second-order valence-electron chi connectivity index (χ2n) is 4.96. The number of nitrogen functional groups attached to an aromatic ring is 1. The number of benzene rings is 1. The van der Waals surface area contributed by atoms with Crippen LogP contribution in [0.15, 0.2) is 23.1 Å². The van der Waals surface area contributed by atoms with Crippen LogP contribution in [0.25, 0.3) is 0 Å². The standard InChI is InChI=1S/C12H16N2O4S/c1-7-4-9(5-7)14-19(17,18)11-6-8(13)2-3-10(11)12(15)16/h2-3,6-7,9,14H,4-5,13H2,1H3,(H,15,16). The lowest BCUT2D eigenvalue weighted by molar-refractivity contribution is 0.0692. The Morgan fingerprint density at radius 1 is 1.42 bits per heavy atom. The van der Waals surface area contributed by atoms with Crippen LogP contribution >= 0.6 is 0 Å². The Morgan fingerprint density at radius 3 is 2.58 bits per heavy atom. The average Bonchev–Trinajstić information content (AvgIpc) is 2.26. The van der Waals surface area contributed by atoms with Crippen LogP contribution < -0.4 is 10.5 Å². The SMILES string of the molecule is CC1CC(NS(=O)(=O)c2cc(N)ccc2C(=O)O)C1. The zero-order valence-corrected chi connectivity index (χ0v) is 11.3. The molecule has 0 amide bonds. The topological polar surface area (TPSA) is 109 Å². The van der Waals surface area contributed by atoms with Gasteiger partial charge in [0.2, 0.25) is 10.0 Å². The Balaban J connectivity index is 2.33. The number of hydrogen-bond donors (Lipinski definition) is 3. The Labute approximate surface area is 111 Å². The second-order valence-corrected chi connectivity index (χ2v) is 6.64. The van der Waals surface area contributed by atoms with Crippen LogP contribution in [0.5, 0.6) is 0 Å². The molecule has 1 fully saturated rings. The number of aromatic carboxylic acids is 1. The molecule has 1 aliphatic rings. The molecule has 0 aromatic heterocycles. The summed E-state index contributed by atoms with van der Waals surface area (Å²) in [6.45, 7) is 2.04. The van der Waals surface area contributed by atoms with Crippen LogP contribution in [0.3, 0.4) is 0 Å². The van der Waals surface area contributed by atoms with E-state index < -0.39 is 16.0 Å². The summed E-state index contributed by atoms with van der Waals surface area (Å²) in [6.07, 6.45) is 1.54. The van der Waals surface area contributed by atoms with E-state index in [1.165, 1.54) is 18.2 Å². The van der Waals surface area contributed by atoms with Gasteiger partial charge in [0, 0.05) is 11.7 Å². The van der Waals surface area contributed by atoms with E-state index in [0.717, 1.165) is 12.8 Å². The lowest BCUT2D eigenvalue weighted by atomic mass is 9.83. The molecule has 0 atom stereocenters. The summed E-state index contributed by atoms with van der Waals surface area (Å²) in [6, 6.07) is 3.63. The first kappa shape index (κ1) is 13.8. The third kappa shape index (κ3) is 2.87. The molecule has 104 valence electrons. The molecule has 0 aliphatic heterocycles. The van der Waals surface area contributed by atoms with Gasteiger partial charge in [-0.2, -0.15) is 0 Å². The number of carboxylic acid groups (broad SMARTS) is 1. The fraction of sp³-hybridized carbons (Fsp3) is 0.417. The molecule has 0 bridgehead atoms. The molecular weight excluding hydrogens is 268 g/mol. The molecule has 7 heteroatoms. The summed E-state index contributed by atoms with van der Waals surface area (Å²) < 4.78 is 26.9. The maximum absolute atomic E-state index is 12.2. The van der Waals surface area contributed by atoms with E-state index in [0.29, 0.717) is 5.92 Å². The molecule has 6 nitrogen and oxygen atoms in total. The first-order chi connectivity index (χ1) is 8.79. The van der Waals surface area contributed by atoms with Gasteiger partial charge in [0.25, 0.3) is 0 Å². The minimum absolute atomic E-state index is 0.122. The van der Waals surface area contributed by atoms with E-state index in [2.05, 4.69) is 4.72 Å². The Morgan fingerprint density at radius 2 is 2.05 bits per heavy atom. The van der Waals surface area contributed by atoms with Crippen LogP contribution in [0.4, 0.5) is 5.69 Å². The molecule has 1 aromatic rings. The Kier molecular flexibility index (Phi) is 3.51. The highest BCUT2D eigenvalue weighted by atomic mass is 32.2. The molecule has 1 aliphatic carbocycles. The van der Waals surface area contributed by atoms with E-state index in [4.69, 9.17) is 10.8 Å². The van der Waals surface area contributed by atoms with Crippen molar-refractivity contribution in [3.63, 3.8) is 0 Å². The molecule has 1 aromatic carbocycles. The number of hydrogen-bond acceptors (Lipinski definition) is 4. The van der Waals surface area contributed by atoms with Gasteiger partial charge in [0.1, 0.15) is 0 Å². The maximum Gasteiger partial charge on any atom is 0.337 e. The average molecular weight is 284 g/mol. The van der Waals surface area contributed by atoms with Gasteiger partial charge < -0.3 is 10.8 Å². The summed E-state index contributed by atoms with van der Waals surface area (Å²) in [5, 5.41) is 9.03. The lowest BCUT2D eigenvalue weighted by Crippen LogP contribution is -2.43. The summed E-state index contributed by atoms with van der Waals surface area (Å²) >= 11 is 0. The van der Waals surface area contributed by atoms with Crippen molar-refractivity contribution in [3.05, 3.63) is 23.8 Å². The van der Waals surface area contributed by atoms with Gasteiger partial charge >= 0.3 is 5.97 Å². The highest BCUT2D eigenvalue weighted by molar-refractivity contribution is 7.89. The Hall–Kier alpha value is -1.60. The van der Waals surface area contributed by atoms with Crippen LogP contribution in [-0.2, 0) is 10.0 Å². The van der Waals surface area contributed by atoms with E-state index in [9.17, 15) is 13.2 Å². The van der Waals surface area contributed by atoms with Crippen molar-refractivity contribution in [2.75, 3.05) is 5.73 Å². The van der Waals surface area contributed by atoms with E-state index >= 15 is 0 Å². The van der Waals surface area contributed by atoms with Crippen LogP contribution in [0.1, 0.15) is 30.1 Å². The van der Waals surface area contributed by atoms with Crippen molar-refractivity contribution in [2.24, 2.45) is 5.92 Å². The largest absolute Gasteiger partial charge is 0.478 e. The summed E-state index contributed by atoms with van der Waals surface area (Å²) in [5.41, 5.74) is 5.48. The van der Waals surface area contributed by atoms with Gasteiger partial charge in [-0.15, -0.1) is 0 Å². The number of nitrogens with two attached hydrogens (primary N) is 1. The second kappa shape index (κ2) is 4.82. The van der Waals surface area contributed by atoms with Crippen molar-refractivity contribution < 1.29 is 18.3 Å². The van der Waals surface area contributed by atoms with Crippen molar-refractivity contribution in [1.29, 1.82) is 0 Å². The van der Waals surface area contributed by atoms with E-state index in [1.807, 2.05) is 6.92 Å². The predicted molar refractivity (Wildman–Crippen MR) is 70.3 cm³/mol. The fourth-order valence-electron chi connectivity index (χ4n) is 2.22. The molecule has 19 heavy (non-hydrogen) atoms. The molecule has 4 N–H and O–H groups in total. The van der Waals surface area contributed by atoms with Crippen molar-refractivity contribution in [1.82, 2.24) is 4.72 Å². The quantitative estimate of drug-likeness (QED) is 0.716. The third-order valence-electron chi connectivity index (χ3n) is 3.22. The van der Waals surface area contributed by atoms with Gasteiger partial charge in [-0.05, 0) is 37.0 Å². The molecule has 0 unspecified atom stereocenters. The highest BCUT2D eigenvalue weighted by Gasteiger charge is 2.31. The van der Waals surface area contributed by atoms with Gasteiger partial charge in [-0.25, -0.2) is 17.9 Å². The molecule has 0 spiro atoms. The van der Waals surface area contributed by atoms with Crippen molar-refractivity contribution >= 4 is 21.7 Å². The van der Waals surface area contributed by atoms with Crippen LogP contribution in [0.2, 0.25) is 0 Å². The smallest absolute Gasteiger partial charge is 0.337 e. The minimum Gasteiger partial charge on any atom is -0.478 e. The fourth-order valence-corrected chi connectivity index (χ4v) is 3.71. The number of carboxylic acids is 1. The number of nitrogens with one attached hydrogen (secondary N) is 1. The van der Waals surface area contributed by atoms with Crippen molar-refractivity contribution in [3.8, 4) is 0 Å². The first-order valence-corrected chi connectivity index (χ1v) is 7.43. The molecule has 2 rings (SSSR count). The van der Waals surface area contributed by atoms with Gasteiger partial charge in [0.05, 0.1) is 10.5 Å². The van der Waals surface area contributed by atoms with Crippen LogP contribution in [-0.4, -0.2) is 25.5 Å². The predicted octanol–water partition coefficient (Wildman–Crippen LogP) is 1.04. The summed E-state index contributed by atoms with van der Waals surface area (Å²) in [4.78, 5) is 10.8. The first-order valence-electron chi connectivity index (χ1n) is 5.95. The van der Waals surface area contributed by atoms with Gasteiger partial charge in [-0.3, -0.25) is 0 Å². The van der Waals surface area contributed by atoms with Crippen LogP contribution in [0, 0.1) is 5.92 Å². The van der Waals surface area contributed by atoms with E-state index in [1.54, 1.807) is 0 Å². The number of rotatable bonds is 4. The third-order valence-corrected chi connectivity index (χ3v) is 4.78. The lowest BCUT2D eigenvalue weighted by Gasteiger charge is -2.33. The van der Waals surface area contributed by atoms with Gasteiger partial charge in [0.15, 0.2) is 0 Å². The number of sulfonamides is 1. The normalized spacial score (nSPS) is 22.8. The molecule has 0 radical (unpaired) electrons. The van der Waals surface area contributed by atoms with Gasteiger partial charge in [-0.1, -0.05) is 6.92 Å². The minimum atomic E-state index is -3.85. The summed E-state index contributed by atoms with van der Waals surface area (Å²) in [7, 11) is -3.85. The summed E-state index contributed by atoms with van der Waals surface area (Å²) in [5.74, 6) is -0.796. The Bertz CT molecular complexity index is 606. The molecule has 1 saturated carbocycles. The highest BCUT2D eigenvalue weighted by Crippen LogP contribution is 2.28. The molecular formula is C12H16N2O4S. The van der Waals surface area contributed by atoms with Crippen molar-refractivity contribution in [2.45, 2.75) is 30.7 Å². The van der Waals surface area contributed by atoms with E-state index in [-0.39, 0.29) is 22.2 Å². The zero-order chi connectivity index (χ0) is 14.2. The maximum atomic E-state index is 12.2. The number of carbonyl (C=O) groups is 1. The monoisotopic (exact) mass is 284 g/mol.